The summed E-state index contributed by atoms with van der Waals surface area (Å²) in [5.74, 6) is 0. The van der Waals surface area contributed by atoms with Crippen molar-refractivity contribution in [2.75, 3.05) is 0 Å². The maximum absolute atomic E-state index is 3.63. The first kappa shape index (κ1) is 11.3. The van der Waals surface area contributed by atoms with E-state index in [0.717, 1.165) is 12.8 Å². The van der Waals surface area contributed by atoms with Crippen molar-refractivity contribution in [1.82, 2.24) is 4.98 Å². The zero-order chi connectivity index (χ0) is 11.7. The maximum atomic E-state index is 3.63. The Hall–Kier alpha value is -1.24. The minimum atomic E-state index is 1.12. The molecule has 0 saturated carbocycles. The van der Waals surface area contributed by atoms with E-state index in [2.05, 4.69) is 44.8 Å². The highest BCUT2D eigenvalue weighted by Crippen LogP contribution is 2.29. The lowest BCUT2D eigenvalue weighted by molar-refractivity contribution is 0.876. The zero-order valence-electron chi connectivity index (χ0n) is 10.8. The van der Waals surface area contributed by atoms with Gasteiger partial charge in [-0.15, -0.1) is 0 Å². The molecule has 0 bridgehead atoms. The molecule has 0 unspecified atom stereocenters. The Labute approximate surface area is 97.9 Å². The second-order valence-corrected chi connectivity index (χ2v) is 4.64. The number of fused-ring (bicyclic) bond motifs is 1. The van der Waals surface area contributed by atoms with Gasteiger partial charge in [0.25, 0.3) is 0 Å². The van der Waals surface area contributed by atoms with E-state index in [1.807, 2.05) is 0 Å². The third kappa shape index (κ3) is 1.64. The van der Waals surface area contributed by atoms with Crippen LogP contribution in [0.25, 0.3) is 10.9 Å². The lowest BCUT2D eigenvalue weighted by Crippen LogP contribution is -1.89. The van der Waals surface area contributed by atoms with E-state index in [1.54, 1.807) is 0 Å². The molecule has 2 rings (SSSR count). The quantitative estimate of drug-likeness (QED) is 0.785. The summed E-state index contributed by atoms with van der Waals surface area (Å²) in [6.45, 7) is 8.89. The van der Waals surface area contributed by atoms with E-state index in [1.165, 1.54) is 39.7 Å². The Bertz CT molecular complexity index is 506. The van der Waals surface area contributed by atoms with E-state index >= 15 is 0 Å². The number of benzene rings is 1. The molecule has 1 heteroatoms. The van der Waals surface area contributed by atoms with Crippen molar-refractivity contribution in [2.24, 2.45) is 0 Å². The topological polar surface area (TPSA) is 15.8 Å². The highest BCUT2D eigenvalue weighted by Gasteiger charge is 2.12. The molecule has 1 N–H and O–H groups in total. The Morgan fingerprint density at radius 1 is 1.06 bits per heavy atom. The number of hydrogen-bond donors (Lipinski definition) is 1. The number of H-pyrrole nitrogens is 1. The summed E-state index contributed by atoms with van der Waals surface area (Å²) in [6.07, 6.45) is 3.49. The van der Waals surface area contributed by atoms with Crippen LogP contribution in [0.15, 0.2) is 12.1 Å². The van der Waals surface area contributed by atoms with Crippen LogP contribution in [-0.4, -0.2) is 4.98 Å². The molecular weight excluding hydrogens is 194 g/mol. The lowest BCUT2D eigenvalue weighted by Gasteiger charge is -2.02. The van der Waals surface area contributed by atoms with E-state index in [-0.39, 0.29) is 0 Å². The fraction of sp³-hybridized carbons (Fsp3) is 0.467. The molecule has 0 amide bonds. The van der Waals surface area contributed by atoms with Crippen LogP contribution in [0.3, 0.4) is 0 Å². The first-order chi connectivity index (χ1) is 7.69. The standard InChI is InChI=1S/C15H21N/c1-5-7-13-12(6-2)14-10(3)8-9-11(4)15(14)16-13/h8-9,16H,5-7H2,1-4H3. The van der Waals surface area contributed by atoms with Crippen LogP contribution in [0, 0.1) is 13.8 Å². The third-order valence-corrected chi connectivity index (χ3v) is 3.42. The van der Waals surface area contributed by atoms with Crippen molar-refractivity contribution in [3.05, 3.63) is 34.5 Å². The largest absolute Gasteiger partial charge is 0.358 e. The second kappa shape index (κ2) is 4.32. The van der Waals surface area contributed by atoms with Crippen LogP contribution in [0.4, 0.5) is 0 Å². The van der Waals surface area contributed by atoms with Crippen LogP contribution in [-0.2, 0) is 12.8 Å². The molecule has 2 aromatic rings. The van der Waals surface area contributed by atoms with Gasteiger partial charge in [0.15, 0.2) is 0 Å². The predicted molar refractivity (Wildman–Crippen MR) is 71.1 cm³/mol. The molecule has 0 radical (unpaired) electrons. The van der Waals surface area contributed by atoms with E-state index in [9.17, 15) is 0 Å². The smallest absolute Gasteiger partial charge is 0.0491 e. The average Bonchev–Trinajstić information content (AvgIpc) is 2.64. The van der Waals surface area contributed by atoms with Gasteiger partial charge in [-0.3, -0.25) is 0 Å². The van der Waals surface area contributed by atoms with Gasteiger partial charge in [0.1, 0.15) is 0 Å². The molecule has 1 heterocycles. The molecule has 1 aromatic heterocycles. The van der Waals surface area contributed by atoms with Crippen molar-refractivity contribution in [3.63, 3.8) is 0 Å². The Morgan fingerprint density at radius 2 is 1.75 bits per heavy atom. The first-order valence-corrected chi connectivity index (χ1v) is 6.28. The number of nitrogens with one attached hydrogen (secondary N) is 1. The van der Waals surface area contributed by atoms with E-state index in [4.69, 9.17) is 0 Å². The molecular formula is C15H21N. The summed E-state index contributed by atoms with van der Waals surface area (Å²) in [4.78, 5) is 3.63. The molecule has 86 valence electrons. The van der Waals surface area contributed by atoms with Gasteiger partial charge in [-0.05, 0) is 43.4 Å². The SMILES string of the molecule is CCCc1[nH]c2c(C)ccc(C)c2c1CC. The van der Waals surface area contributed by atoms with Crippen molar-refractivity contribution in [3.8, 4) is 0 Å². The summed E-state index contributed by atoms with van der Waals surface area (Å²) >= 11 is 0. The fourth-order valence-electron chi connectivity index (χ4n) is 2.59. The second-order valence-electron chi connectivity index (χ2n) is 4.64. The molecule has 0 aliphatic rings. The van der Waals surface area contributed by atoms with Crippen LogP contribution < -0.4 is 0 Å². The molecule has 0 atom stereocenters. The lowest BCUT2D eigenvalue weighted by atomic mass is 10.0. The van der Waals surface area contributed by atoms with Gasteiger partial charge in [0.2, 0.25) is 0 Å². The van der Waals surface area contributed by atoms with Crippen LogP contribution in [0.1, 0.15) is 42.7 Å². The third-order valence-electron chi connectivity index (χ3n) is 3.42. The summed E-state index contributed by atoms with van der Waals surface area (Å²) in [6, 6.07) is 4.45. The Balaban J connectivity index is 2.76. The van der Waals surface area contributed by atoms with Gasteiger partial charge in [-0.25, -0.2) is 0 Å². The van der Waals surface area contributed by atoms with Crippen molar-refractivity contribution in [1.29, 1.82) is 0 Å². The zero-order valence-corrected chi connectivity index (χ0v) is 10.8. The van der Waals surface area contributed by atoms with E-state index < -0.39 is 0 Å². The minimum absolute atomic E-state index is 1.12. The normalized spacial score (nSPS) is 11.2. The van der Waals surface area contributed by atoms with Crippen molar-refractivity contribution in [2.45, 2.75) is 47.0 Å². The number of aromatic amines is 1. The average molecular weight is 215 g/mol. The van der Waals surface area contributed by atoms with Crippen LogP contribution >= 0.6 is 0 Å². The number of rotatable bonds is 3. The minimum Gasteiger partial charge on any atom is -0.358 e. The summed E-state index contributed by atoms with van der Waals surface area (Å²) in [7, 11) is 0. The number of hydrogen-bond acceptors (Lipinski definition) is 0. The van der Waals surface area contributed by atoms with Crippen molar-refractivity contribution < 1.29 is 0 Å². The summed E-state index contributed by atoms with van der Waals surface area (Å²) in [5, 5.41) is 1.46. The molecule has 0 aliphatic carbocycles. The highest BCUT2D eigenvalue weighted by molar-refractivity contribution is 5.90. The number of aromatic nitrogens is 1. The molecule has 0 aliphatic heterocycles. The summed E-state index contributed by atoms with van der Waals surface area (Å²) in [5.41, 5.74) is 7.07. The van der Waals surface area contributed by atoms with Crippen LogP contribution in [0.5, 0.6) is 0 Å². The van der Waals surface area contributed by atoms with Gasteiger partial charge in [0, 0.05) is 16.6 Å². The van der Waals surface area contributed by atoms with Crippen molar-refractivity contribution >= 4 is 10.9 Å². The Morgan fingerprint density at radius 3 is 2.38 bits per heavy atom. The monoisotopic (exact) mass is 215 g/mol. The molecule has 16 heavy (non-hydrogen) atoms. The van der Waals surface area contributed by atoms with E-state index in [0.29, 0.717) is 0 Å². The molecule has 0 spiro atoms. The van der Waals surface area contributed by atoms with Gasteiger partial charge in [-0.2, -0.15) is 0 Å². The summed E-state index contributed by atoms with van der Waals surface area (Å²) < 4.78 is 0. The van der Waals surface area contributed by atoms with Gasteiger partial charge in [0.05, 0.1) is 0 Å². The molecule has 0 fully saturated rings. The molecule has 0 saturated heterocycles. The first-order valence-electron chi connectivity index (χ1n) is 6.28. The van der Waals surface area contributed by atoms with Gasteiger partial charge < -0.3 is 4.98 Å². The van der Waals surface area contributed by atoms with Gasteiger partial charge in [-0.1, -0.05) is 32.4 Å². The number of aryl methyl sites for hydroxylation is 4. The fourth-order valence-corrected chi connectivity index (χ4v) is 2.59. The Kier molecular flexibility index (Phi) is 3.04. The molecule has 1 nitrogen and oxygen atoms in total. The predicted octanol–water partition coefficient (Wildman–Crippen LogP) is 4.30. The van der Waals surface area contributed by atoms with Crippen LogP contribution in [0.2, 0.25) is 0 Å². The van der Waals surface area contributed by atoms with Gasteiger partial charge >= 0.3 is 0 Å². The maximum Gasteiger partial charge on any atom is 0.0491 e. The molecule has 1 aromatic carbocycles. The highest BCUT2D eigenvalue weighted by atomic mass is 14.7.